The van der Waals surface area contributed by atoms with Crippen molar-refractivity contribution in [2.75, 3.05) is 5.73 Å². The highest BCUT2D eigenvalue weighted by Crippen LogP contribution is 2.28. The van der Waals surface area contributed by atoms with E-state index in [1.807, 2.05) is 22.6 Å². The second-order valence-electron chi connectivity index (χ2n) is 2.33. The van der Waals surface area contributed by atoms with Crippen LogP contribution in [-0.2, 0) is 5.33 Å². The Bertz CT molecular complexity index is 320. The fourth-order valence-electron chi connectivity index (χ4n) is 0.904. The molecule has 6 heteroatoms. The van der Waals surface area contributed by atoms with Crippen molar-refractivity contribution < 1.29 is 8.78 Å². The zero-order chi connectivity index (χ0) is 10.0. The summed E-state index contributed by atoms with van der Waals surface area (Å²) in [5.74, 6) is 0. The Morgan fingerprint density at radius 1 is 1.62 bits per heavy atom. The zero-order valence-corrected chi connectivity index (χ0v) is 10.1. The molecule has 1 heterocycles. The molecule has 0 aliphatic carbocycles. The molecule has 2 nitrogen and oxygen atoms in total. The van der Waals surface area contributed by atoms with Crippen LogP contribution >= 0.6 is 38.5 Å². The number of halogens is 4. The van der Waals surface area contributed by atoms with Gasteiger partial charge in [-0.3, -0.25) is 0 Å². The summed E-state index contributed by atoms with van der Waals surface area (Å²) in [5, 5.41) is 0.294. The van der Waals surface area contributed by atoms with Crippen LogP contribution in [0.15, 0.2) is 6.07 Å². The first-order chi connectivity index (χ1) is 6.06. The molecule has 1 rings (SSSR count). The minimum absolute atomic E-state index is 0.235. The molecule has 0 aliphatic rings. The van der Waals surface area contributed by atoms with Crippen molar-refractivity contribution in [2.45, 2.75) is 11.8 Å². The molecule has 0 unspecified atom stereocenters. The van der Waals surface area contributed by atoms with Crippen molar-refractivity contribution in [3.8, 4) is 0 Å². The first kappa shape index (κ1) is 11.1. The number of nitrogen functional groups attached to an aromatic ring is 1. The number of pyridine rings is 1. The third-order valence-electron chi connectivity index (χ3n) is 1.50. The molecule has 0 bridgehead atoms. The van der Waals surface area contributed by atoms with Gasteiger partial charge in [-0.1, -0.05) is 15.9 Å². The standard InChI is InChI=1S/C7H6BrF2IN2/c8-2-3-4(12)1-5(11)13-6(3)7(9)10/h1,7H,2H2,(H2,12,13). The predicted octanol–water partition coefficient (Wildman–Crippen LogP) is 3.10. The van der Waals surface area contributed by atoms with E-state index in [9.17, 15) is 8.78 Å². The summed E-state index contributed by atoms with van der Waals surface area (Å²) in [7, 11) is 0. The van der Waals surface area contributed by atoms with Crippen LogP contribution in [0.4, 0.5) is 14.5 Å². The lowest BCUT2D eigenvalue weighted by Gasteiger charge is -2.08. The van der Waals surface area contributed by atoms with Crippen molar-refractivity contribution in [1.29, 1.82) is 0 Å². The van der Waals surface area contributed by atoms with Gasteiger partial charge in [0.15, 0.2) is 0 Å². The highest BCUT2D eigenvalue weighted by atomic mass is 127. The van der Waals surface area contributed by atoms with Crippen molar-refractivity contribution in [3.05, 3.63) is 21.0 Å². The van der Waals surface area contributed by atoms with Gasteiger partial charge in [-0.15, -0.1) is 0 Å². The lowest BCUT2D eigenvalue weighted by Crippen LogP contribution is -2.03. The van der Waals surface area contributed by atoms with Gasteiger partial charge >= 0.3 is 0 Å². The van der Waals surface area contributed by atoms with Crippen molar-refractivity contribution >= 4 is 44.2 Å². The van der Waals surface area contributed by atoms with Gasteiger partial charge in [0.1, 0.15) is 9.39 Å². The van der Waals surface area contributed by atoms with Crippen LogP contribution in [0.5, 0.6) is 0 Å². The molecule has 0 aromatic carbocycles. The fourth-order valence-corrected chi connectivity index (χ4v) is 2.11. The molecule has 2 N–H and O–H groups in total. The van der Waals surface area contributed by atoms with Crippen LogP contribution < -0.4 is 5.73 Å². The topological polar surface area (TPSA) is 38.9 Å². The number of hydrogen-bond donors (Lipinski definition) is 1. The lowest BCUT2D eigenvalue weighted by atomic mass is 10.2. The molecule has 13 heavy (non-hydrogen) atoms. The molecule has 1 aromatic heterocycles. The smallest absolute Gasteiger partial charge is 0.280 e. The number of aromatic nitrogens is 1. The van der Waals surface area contributed by atoms with Gasteiger partial charge in [0.25, 0.3) is 6.43 Å². The molecule has 0 radical (unpaired) electrons. The van der Waals surface area contributed by atoms with E-state index in [1.165, 1.54) is 0 Å². The summed E-state index contributed by atoms with van der Waals surface area (Å²) in [5.41, 5.74) is 6.05. The summed E-state index contributed by atoms with van der Waals surface area (Å²) in [6, 6.07) is 1.57. The van der Waals surface area contributed by atoms with Crippen molar-refractivity contribution in [3.63, 3.8) is 0 Å². The first-order valence-electron chi connectivity index (χ1n) is 3.35. The van der Waals surface area contributed by atoms with Gasteiger partial charge in [-0.05, 0) is 28.7 Å². The van der Waals surface area contributed by atoms with Crippen molar-refractivity contribution in [2.24, 2.45) is 0 Å². The summed E-state index contributed by atoms with van der Waals surface area (Å²) < 4.78 is 25.3. The van der Waals surface area contributed by atoms with Crippen LogP contribution in [0.1, 0.15) is 17.7 Å². The number of nitrogens with two attached hydrogens (primary N) is 1. The monoisotopic (exact) mass is 362 g/mol. The fraction of sp³-hybridized carbons (Fsp3) is 0.286. The minimum atomic E-state index is -2.58. The average Bonchev–Trinajstić information content (AvgIpc) is 2.02. The first-order valence-corrected chi connectivity index (χ1v) is 5.55. The van der Waals surface area contributed by atoms with Gasteiger partial charge in [-0.25, -0.2) is 13.8 Å². The van der Waals surface area contributed by atoms with E-state index in [0.29, 0.717) is 20.3 Å². The minimum Gasteiger partial charge on any atom is -0.398 e. The number of hydrogen-bond acceptors (Lipinski definition) is 2. The predicted molar refractivity (Wildman–Crippen MR) is 59.0 cm³/mol. The van der Waals surface area contributed by atoms with E-state index in [0.717, 1.165) is 0 Å². The van der Waals surface area contributed by atoms with E-state index >= 15 is 0 Å². The summed E-state index contributed by atoms with van der Waals surface area (Å²) in [4.78, 5) is 3.73. The quantitative estimate of drug-likeness (QED) is 0.499. The number of alkyl halides is 3. The number of anilines is 1. The molecule has 0 atom stereocenters. The van der Waals surface area contributed by atoms with E-state index in [1.54, 1.807) is 6.07 Å². The Kier molecular flexibility index (Phi) is 3.84. The molecule has 0 fully saturated rings. The largest absolute Gasteiger partial charge is 0.398 e. The van der Waals surface area contributed by atoms with Gasteiger partial charge in [0, 0.05) is 16.6 Å². The van der Waals surface area contributed by atoms with E-state index in [2.05, 4.69) is 20.9 Å². The molecular weight excluding hydrogens is 357 g/mol. The highest BCUT2D eigenvalue weighted by molar-refractivity contribution is 14.1. The molecule has 0 aliphatic heterocycles. The van der Waals surface area contributed by atoms with Crippen LogP contribution in [0.3, 0.4) is 0 Å². The van der Waals surface area contributed by atoms with Crippen LogP contribution in [0, 0.1) is 3.70 Å². The third-order valence-corrected chi connectivity index (χ3v) is 2.61. The Morgan fingerprint density at radius 3 is 2.69 bits per heavy atom. The van der Waals surface area contributed by atoms with Gasteiger partial charge in [0.2, 0.25) is 0 Å². The molecule has 0 saturated carbocycles. The third kappa shape index (κ3) is 2.49. The van der Waals surface area contributed by atoms with Crippen LogP contribution in [0.2, 0.25) is 0 Å². The molecule has 0 spiro atoms. The Labute approximate surface area is 96.2 Å². The maximum Gasteiger partial charge on any atom is 0.280 e. The van der Waals surface area contributed by atoms with Gasteiger partial charge in [-0.2, -0.15) is 0 Å². The molecule has 0 amide bonds. The second kappa shape index (κ2) is 4.50. The normalized spacial score (nSPS) is 10.8. The maximum absolute atomic E-state index is 12.4. The number of nitrogens with zero attached hydrogens (tertiary/aromatic N) is 1. The lowest BCUT2D eigenvalue weighted by molar-refractivity contribution is 0.145. The summed E-state index contributed by atoms with van der Waals surface area (Å²) in [6.07, 6.45) is -2.58. The number of rotatable bonds is 2. The zero-order valence-electron chi connectivity index (χ0n) is 6.40. The Balaban J connectivity index is 3.29. The molecule has 72 valence electrons. The Hall–Kier alpha value is 0.0200. The second-order valence-corrected chi connectivity index (χ2v) is 4.00. The molecular formula is C7H6BrF2IN2. The van der Waals surface area contributed by atoms with Crippen molar-refractivity contribution in [1.82, 2.24) is 4.98 Å². The molecule has 1 aromatic rings. The summed E-state index contributed by atoms with van der Waals surface area (Å²) in [6.45, 7) is 0. The Morgan fingerprint density at radius 2 is 2.23 bits per heavy atom. The van der Waals surface area contributed by atoms with E-state index in [4.69, 9.17) is 5.73 Å². The SMILES string of the molecule is Nc1cc(I)nc(C(F)F)c1CBr. The van der Waals surface area contributed by atoms with Gasteiger partial charge < -0.3 is 5.73 Å². The molecule has 0 saturated heterocycles. The average molecular weight is 363 g/mol. The van der Waals surface area contributed by atoms with E-state index in [-0.39, 0.29) is 5.69 Å². The van der Waals surface area contributed by atoms with E-state index < -0.39 is 6.43 Å². The van der Waals surface area contributed by atoms with Gasteiger partial charge in [0.05, 0.1) is 0 Å². The highest BCUT2D eigenvalue weighted by Gasteiger charge is 2.17. The summed E-state index contributed by atoms with van der Waals surface area (Å²) >= 11 is 4.95. The van der Waals surface area contributed by atoms with Crippen LogP contribution in [-0.4, -0.2) is 4.98 Å². The van der Waals surface area contributed by atoms with Crippen LogP contribution in [0.25, 0.3) is 0 Å². The maximum atomic E-state index is 12.4.